The summed E-state index contributed by atoms with van der Waals surface area (Å²) in [7, 11) is 0. The lowest BCUT2D eigenvalue weighted by Gasteiger charge is -2.30. The summed E-state index contributed by atoms with van der Waals surface area (Å²) in [4.78, 5) is 0. The molecule has 1 nitrogen and oxygen atoms in total. The van der Waals surface area contributed by atoms with Crippen LogP contribution in [0.4, 0.5) is 0 Å². The Morgan fingerprint density at radius 1 is 0.683 bits per heavy atom. The molecule has 0 saturated heterocycles. The molecule has 0 radical (unpaired) electrons. The van der Waals surface area contributed by atoms with E-state index in [1.54, 1.807) is 0 Å². The van der Waals surface area contributed by atoms with Gasteiger partial charge in [-0.3, -0.25) is 0 Å². The lowest BCUT2D eigenvalue weighted by molar-refractivity contribution is 0.173. The van der Waals surface area contributed by atoms with Crippen molar-refractivity contribution in [1.29, 1.82) is 0 Å². The summed E-state index contributed by atoms with van der Waals surface area (Å²) >= 11 is 0. The Labute approximate surface area is 252 Å². The van der Waals surface area contributed by atoms with Crippen LogP contribution in [-0.2, 0) is 19.3 Å². The smallest absolute Gasteiger partial charge is 0.122 e. The van der Waals surface area contributed by atoms with Gasteiger partial charge in [0.25, 0.3) is 0 Å². The first-order valence-corrected chi connectivity index (χ1v) is 16.9. The highest BCUT2D eigenvalue weighted by atomic mass is 16.5. The second-order valence-electron chi connectivity index (χ2n) is 12.9. The maximum absolute atomic E-state index is 6.46. The van der Waals surface area contributed by atoms with Crippen molar-refractivity contribution in [2.45, 2.75) is 119 Å². The maximum Gasteiger partial charge on any atom is 0.122 e. The molecule has 4 rings (SSSR count). The molecule has 0 N–H and O–H groups in total. The van der Waals surface area contributed by atoms with Crippen molar-refractivity contribution in [2.75, 3.05) is 6.61 Å². The number of ether oxygens (including phenoxy) is 1. The van der Waals surface area contributed by atoms with Gasteiger partial charge < -0.3 is 4.74 Å². The zero-order valence-electron chi connectivity index (χ0n) is 27.0. The van der Waals surface area contributed by atoms with Crippen LogP contribution >= 0.6 is 0 Å². The van der Waals surface area contributed by atoms with E-state index >= 15 is 0 Å². The van der Waals surface area contributed by atoms with Crippen LogP contribution in [0, 0.1) is 17.3 Å². The van der Waals surface area contributed by atoms with Gasteiger partial charge in [0.15, 0.2) is 0 Å². The Bertz CT molecular complexity index is 1180. The molecule has 1 saturated carbocycles. The Kier molecular flexibility index (Phi) is 11.5. The van der Waals surface area contributed by atoms with Crippen LogP contribution in [0.2, 0.25) is 0 Å². The number of hydrogen-bond donors (Lipinski definition) is 0. The molecule has 0 aromatic heterocycles. The molecule has 0 amide bonds. The van der Waals surface area contributed by atoms with E-state index in [0.29, 0.717) is 5.41 Å². The van der Waals surface area contributed by atoms with Crippen molar-refractivity contribution >= 4 is 0 Å². The number of benzene rings is 3. The molecule has 0 heterocycles. The quantitative estimate of drug-likeness (QED) is 0.193. The lowest BCUT2D eigenvalue weighted by atomic mass is 9.77. The predicted molar refractivity (Wildman–Crippen MR) is 179 cm³/mol. The predicted octanol–water partition coefficient (Wildman–Crippen LogP) is 11.9. The summed E-state index contributed by atoms with van der Waals surface area (Å²) < 4.78 is 6.46. The Morgan fingerprint density at radius 3 is 1.80 bits per heavy atom. The Hall–Kier alpha value is -2.54. The van der Waals surface area contributed by atoms with Gasteiger partial charge in [0.1, 0.15) is 5.75 Å². The molecule has 0 aliphatic heterocycles. The van der Waals surface area contributed by atoms with Crippen molar-refractivity contribution in [3.63, 3.8) is 0 Å². The fourth-order valence-electron chi connectivity index (χ4n) is 6.99. The van der Waals surface area contributed by atoms with E-state index < -0.39 is 0 Å². The second kappa shape index (κ2) is 15.1. The standard InChI is InChI=1S/C40H56O/c1-7-33-29-39(41-27-26-40(9-3,10-4)11-5)34(8-2)28-38(33)37-24-22-36(23-25-37)35-20-18-32(19-21-35)17-16-31-14-12-30(6)13-15-31/h18-25,28-31H,7-17,26-27H2,1-6H3. The van der Waals surface area contributed by atoms with Crippen molar-refractivity contribution < 1.29 is 4.74 Å². The Morgan fingerprint density at radius 2 is 1.24 bits per heavy atom. The van der Waals surface area contributed by atoms with Gasteiger partial charge in [-0.05, 0) is 100 Å². The summed E-state index contributed by atoms with van der Waals surface area (Å²) in [6.07, 6.45) is 15.1. The Balaban J connectivity index is 1.43. The first-order chi connectivity index (χ1) is 19.9. The molecular formula is C40H56O. The van der Waals surface area contributed by atoms with Gasteiger partial charge in [0, 0.05) is 0 Å². The van der Waals surface area contributed by atoms with Gasteiger partial charge in [0.05, 0.1) is 6.61 Å². The molecule has 3 aromatic carbocycles. The zero-order chi connectivity index (χ0) is 29.2. The monoisotopic (exact) mass is 552 g/mol. The van der Waals surface area contributed by atoms with E-state index in [2.05, 4.69) is 102 Å². The van der Waals surface area contributed by atoms with Crippen LogP contribution in [-0.4, -0.2) is 6.61 Å². The molecule has 1 fully saturated rings. The van der Waals surface area contributed by atoms with Crippen molar-refractivity contribution in [3.05, 3.63) is 77.4 Å². The number of aryl methyl sites for hydroxylation is 3. The minimum atomic E-state index is 0.413. The fraction of sp³-hybridized carbons (Fsp3) is 0.550. The first-order valence-electron chi connectivity index (χ1n) is 16.9. The van der Waals surface area contributed by atoms with E-state index in [0.717, 1.165) is 43.5 Å². The summed E-state index contributed by atoms with van der Waals surface area (Å²) in [6.45, 7) is 14.7. The van der Waals surface area contributed by atoms with Gasteiger partial charge in [0.2, 0.25) is 0 Å². The SMILES string of the molecule is CCc1cc(-c2ccc(-c3ccc(CCC4CCC(C)CC4)cc3)cc2)c(CC)cc1OCCC(CC)(CC)CC. The van der Waals surface area contributed by atoms with Crippen LogP contribution < -0.4 is 4.74 Å². The first kappa shape index (κ1) is 31.4. The molecule has 1 aliphatic carbocycles. The molecular weight excluding hydrogens is 496 g/mol. The van der Waals surface area contributed by atoms with Crippen LogP contribution in [0.5, 0.6) is 5.75 Å². The third-order valence-corrected chi connectivity index (χ3v) is 10.6. The van der Waals surface area contributed by atoms with Crippen molar-refractivity contribution in [3.8, 4) is 28.0 Å². The normalized spacial score (nSPS) is 17.5. The molecule has 1 aliphatic rings. The summed E-state index contributed by atoms with van der Waals surface area (Å²) in [5.41, 5.74) is 9.83. The molecule has 41 heavy (non-hydrogen) atoms. The highest BCUT2D eigenvalue weighted by molar-refractivity contribution is 5.74. The van der Waals surface area contributed by atoms with Crippen LogP contribution in [0.3, 0.4) is 0 Å². The highest BCUT2D eigenvalue weighted by Crippen LogP contribution is 2.37. The van der Waals surface area contributed by atoms with Gasteiger partial charge in [-0.2, -0.15) is 0 Å². The third-order valence-electron chi connectivity index (χ3n) is 10.6. The van der Waals surface area contributed by atoms with E-state index in [1.807, 2.05) is 0 Å². The molecule has 0 bridgehead atoms. The van der Waals surface area contributed by atoms with Gasteiger partial charge in [-0.15, -0.1) is 0 Å². The average Bonchev–Trinajstić information content (AvgIpc) is 3.03. The van der Waals surface area contributed by atoms with Gasteiger partial charge in [-0.25, -0.2) is 0 Å². The molecule has 0 unspecified atom stereocenters. The minimum Gasteiger partial charge on any atom is -0.493 e. The average molecular weight is 553 g/mol. The summed E-state index contributed by atoms with van der Waals surface area (Å²) in [5, 5.41) is 0. The van der Waals surface area contributed by atoms with Crippen molar-refractivity contribution in [1.82, 2.24) is 0 Å². The third kappa shape index (κ3) is 8.06. The van der Waals surface area contributed by atoms with Crippen LogP contribution in [0.15, 0.2) is 60.7 Å². The van der Waals surface area contributed by atoms with Crippen LogP contribution in [0.1, 0.15) is 116 Å². The van der Waals surface area contributed by atoms with Crippen molar-refractivity contribution in [2.24, 2.45) is 17.3 Å². The molecule has 1 heteroatoms. The molecule has 222 valence electrons. The summed E-state index contributed by atoms with van der Waals surface area (Å²) in [5.74, 6) is 2.96. The largest absolute Gasteiger partial charge is 0.493 e. The number of hydrogen-bond acceptors (Lipinski definition) is 1. The van der Waals surface area contributed by atoms with Crippen LogP contribution in [0.25, 0.3) is 22.3 Å². The molecule has 0 spiro atoms. The lowest BCUT2D eigenvalue weighted by Crippen LogP contribution is -2.21. The maximum atomic E-state index is 6.46. The van der Waals surface area contributed by atoms with E-state index in [9.17, 15) is 0 Å². The minimum absolute atomic E-state index is 0.413. The second-order valence-corrected chi connectivity index (χ2v) is 12.9. The van der Waals surface area contributed by atoms with Gasteiger partial charge in [-0.1, -0.05) is 135 Å². The topological polar surface area (TPSA) is 9.23 Å². The fourth-order valence-corrected chi connectivity index (χ4v) is 6.99. The molecule has 3 aromatic rings. The summed E-state index contributed by atoms with van der Waals surface area (Å²) in [6, 6.07) is 23.2. The van der Waals surface area contributed by atoms with E-state index in [1.165, 1.54) is 96.7 Å². The molecule has 0 atom stereocenters. The van der Waals surface area contributed by atoms with E-state index in [-0.39, 0.29) is 0 Å². The van der Waals surface area contributed by atoms with E-state index in [4.69, 9.17) is 4.74 Å². The number of rotatable bonds is 14. The zero-order valence-corrected chi connectivity index (χ0v) is 27.0. The highest BCUT2D eigenvalue weighted by Gasteiger charge is 2.24. The van der Waals surface area contributed by atoms with Gasteiger partial charge >= 0.3 is 0 Å².